The van der Waals surface area contributed by atoms with Crippen molar-refractivity contribution in [2.45, 2.75) is 53.1 Å². The van der Waals surface area contributed by atoms with Crippen LogP contribution in [0.3, 0.4) is 0 Å². The van der Waals surface area contributed by atoms with Gasteiger partial charge in [-0.05, 0) is 48.1 Å². The number of hydrogen-bond acceptors (Lipinski definition) is 2. The van der Waals surface area contributed by atoms with Crippen molar-refractivity contribution in [3.8, 4) is 0 Å². The maximum Gasteiger partial charge on any atom is 0.242 e. The number of halogens is 1. The molecule has 0 radical (unpaired) electrons. The van der Waals surface area contributed by atoms with E-state index in [-0.39, 0.29) is 24.1 Å². The normalized spacial score (nSPS) is 11.9. The van der Waals surface area contributed by atoms with Crippen molar-refractivity contribution in [1.82, 2.24) is 10.2 Å². The van der Waals surface area contributed by atoms with E-state index >= 15 is 0 Å². The summed E-state index contributed by atoms with van der Waals surface area (Å²) in [6.45, 7) is 8.91. The van der Waals surface area contributed by atoms with E-state index in [1.165, 1.54) is 12.1 Å². The molecule has 0 saturated heterocycles. The van der Waals surface area contributed by atoms with Gasteiger partial charge < -0.3 is 10.2 Å². The summed E-state index contributed by atoms with van der Waals surface area (Å²) in [5.74, 6) is -0.290. The zero-order chi connectivity index (χ0) is 21.4. The molecular formula is C24H31FN2O2. The minimum absolute atomic E-state index is 0.125. The number of nitrogens with one attached hydrogen (secondary N) is 1. The number of carbonyl (C=O) groups excluding carboxylic acids is 2. The van der Waals surface area contributed by atoms with Gasteiger partial charge in [-0.3, -0.25) is 9.59 Å². The molecule has 0 aliphatic heterocycles. The Bertz CT molecular complexity index is 818. The third kappa shape index (κ3) is 6.70. The third-order valence-electron chi connectivity index (χ3n) is 4.94. The summed E-state index contributed by atoms with van der Waals surface area (Å²) in [7, 11) is 0. The number of hydrogen-bond donors (Lipinski definition) is 1. The van der Waals surface area contributed by atoms with Gasteiger partial charge in [0.1, 0.15) is 11.9 Å². The molecule has 156 valence electrons. The van der Waals surface area contributed by atoms with Gasteiger partial charge in [0.25, 0.3) is 0 Å². The van der Waals surface area contributed by atoms with Crippen molar-refractivity contribution in [2.75, 3.05) is 6.54 Å². The minimum atomic E-state index is -0.554. The lowest BCUT2D eigenvalue weighted by molar-refractivity contribution is -0.141. The molecule has 5 heteroatoms. The van der Waals surface area contributed by atoms with Crippen molar-refractivity contribution < 1.29 is 14.0 Å². The predicted molar refractivity (Wildman–Crippen MR) is 114 cm³/mol. The average molecular weight is 399 g/mol. The number of nitrogens with zero attached hydrogens (tertiary/aromatic N) is 1. The molecule has 0 fully saturated rings. The second kappa shape index (κ2) is 10.7. The number of amides is 2. The first kappa shape index (κ1) is 22.6. The SMILES string of the molecule is CCC(C(=O)NCC(C)C)N(Cc1ccccc1C)C(=O)Cc1ccc(F)cc1. The predicted octanol–water partition coefficient (Wildman–Crippen LogP) is 4.26. The number of benzene rings is 2. The van der Waals surface area contributed by atoms with Crippen molar-refractivity contribution in [3.63, 3.8) is 0 Å². The molecule has 0 spiro atoms. The number of rotatable bonds is 9. The van der Waals surface area contributed by atoms with Crippen LogP contribution in [0.25, 0.3) is 0 Å². The molecular weight excluding hydrogens is 367 g/mol. The topological polar surface area (TPSA) is 49.4 Å². The van der Waals surface area contributed by atoms with Crippen LogP contribution < -0.4 is 5.32 Å². The van der Waals surface area contributed by atoms with Crippen molar-refractivity contribution in [2.24, 2.45) is 5.92 Å². The molecule has 0 aliphatic rings. The molecule has 0 bridgehead atoms. The zero-order valence-electron chi connectivity index (χ0n) is 17.7. The smallest absolute Gasteiger partial charge is 0.242 e. The van der Waals surface area contributed by atoms with Gasteiger partial charge in [-0.25, -0.2) is 4.39 Å². The van der Waals surface area contributed by atoms with Crippen LogP contribution in [0.2, 0.25) is 0 Å². The molecule has 0 aromatic heterocycles. The highest BCUT2D eigenvalue weighted by Crippen LogP contribution is 2.17. The monoisotopic (exact) mass is 398 g/mol. The number of carbonyl (C=O) groups is 2. The molecule has 2 amide bonds. The van der Waals surface area contributed by atoms with E-state index in [4.69, 9.17) is 0 Å². The van der Waals surface area contributed by atoms with Crippen LogP contribution >= 0.6 is 0 Å². The summed E-state index contributed by atoms with van der Waals surface area (Å²) < 4.78 is 13.2. The standard InChI is InChI=1S/C24H31FN2O2/c1-5-22(24(29)26-15-17(2)3)27(16-20-9-7-6-8-18(20)4)23(28)14-19-10-12-21(25)13-11-19/h6-13,17,22H,5,14-16H2,1-4H3,(H,26,29). The molecule has 1 atom stereocenters. The second-order valence-electron chi connectivity index (χ2n) is 7.81. The van der Waals surface area contributed by atoms with E-state index in [0.717, 1.165) is 16.7 Å². The van der Waals surface area contributed by atoms with Gasteiger partial charge in [0.05, 0.1) is 6.42 Å². The van der Waals surface area contributed by atoms with E-state index in [1.807, 2.05) is 52.0 Å². The quantitative estimate of drug-likeness (QED) is 0.686. The van der Waals surface area contributed by atoms with Crippen LogP contribution in [0.4, 0.5) is 4.39 Å². The summed E-state index contributed by atoms with van der Waals surface area (Å²) in [4.78, 5) is 27.7. The fourth-order valence-electron chi connectivity index (χ4n) is 3.19. The molecule has 1 N–H and O–H groups in total. The lowest BCUT2D eigenvalue weighted by Crippen LogP contribution is -2.50. The third-order valence-corrected chi connectivity index (χ3v) is 4.94. The van der Waals surface area contributed by atoms with Crippen LogP contribution in [-0.2, 0) is 22.6 Å². The molecule has 2 aromatic rings. The molecule has 29 heavy (non-hydrogen) atoms. The second-order valence-corrected chi connectivity index (χ2v) is 7.81. The summed E-state index contributed by atoms with van der Waals surface area (Å²) in [5, 5.41) is 2.96. The maximum atomic E-state index is 13.2. The Kier molecular flexibility index (Phi) is 8.37. The molecule has 2 aromatic carbocycles. The first-order valence-electron chi connectivity index (χ1n) is 10.2. The van der Waals surface area contributed by atoms with Crippen LogP contribution in [0, 0.1) is 18.7 Å². The van der Waals surface area contributed by atoms with E-state index in [9.17, 15) is 14.0 Å². The maximum absolute atomic E-state index is 13.2. The summed E-state index contributed by atoms with van der Waals surface area (Å²) >= 11 is 0. The minimum Gasteiger partial charge on any atom is -0.354 e. The summed E-state index contributed by atoms with van der Waals surface area (Å²) in [6.07, 6.45) is 0.644. The van der Waals surface area contributed by atoms with Gasteiger partial charge >= 0.3 is 0 Å². The van der Waals surface area contributed by atoms with Crippen molar-refractivity contribution in [1.29, 1.82) is 0 Å². The molecule has 0 heterocycles. The average Bonchev–Trinajstić information content (AvgIpc) is 2.69. The van der Waals surface area contributed by atoms with E-state index < -0.39 is 6.04 Å². The van der Waals surface area contributed by atoms with Crippen LogP contribution in [0.1, 0.15) is 43.9 Å². The van der Waals surface area contributed by atoms with Gasteiger partial charge in [-0.15, -0.1) is 0 Å². The number of aryl methyl sites for hydroxylation is 1. The molecule has 0 aliphatic carbocycles. The molecule has 4 nitrogen and oxygen atoms in total. The highest BCUT2D eigenvalue weighted by Gasteiger charge is 2.28. The fourth-order valence-corrected chi connectivity index (χ4v) is 3.19. The molecule has 1 unspecified atom stereocenters. The highest BCUT2D eigenvalue weighted by atomic mass is 19.1. The van der Waals surface area contributed by atoms with E-state index in [2.05, 4.69) is 5.32 Å². The van der Waals surface area contributed by atoms with Crippen LogP contribution in [-0.4, -0.2) is 29.3 Å². The molecule has 2 rings (SSSR count). The summed E-state index contributed by atoms with van der Waals surface area (Å²) in [5.41, 5.74) is 2.81. The molecule has 0 saturated carbocycles. The Morgan fingerprint density at radius 1 is 1.07 bits per heavy atom. The Morgan fingerprint density at radius 3 is 2.31 bits per heavy atom. The first-order valence-corrected chi connectivity index (χ1v) is 10.2. The Labute approximate surface area is 173 Å². The van der Waals surface area contributed by atoms with Gasteiger partial charge in [0.15, 0.2) is 0 Å². The van der Waals surface area contributed by atoms with Crippen LogP contribution in [0.15, 0.2) is 48.5 Å². The Morgan fingerprint density at radius 2 is 1.72 bits per heavy atom. The van der Waals surface area contributed by atoms with E-state index in [0.29, 0.717) is 25.4 Å². The van der Waals surface area contributed by atoms with E-state index in [1.54, 1.807) is 17.0 Å². The first-order chi connectivity index (χ1) is 13.8. The van der Waals surface area contributed by atoms with Crippen LogP contribution in [0.5, 0.6) is 0 Å². The van der Waals surface area contributed by atoms with Crippen molar-refractivity contribution in [3.05, 3.63) is 71.0 Å². The lowest BCUT2D eigenvalue weighted by atomic mass is 10.0. The fraction of sp³-hybridized carbons (Fsp3) is 0.417. The highest BCUT2D eigenvalue weighted by molar-refractivity contribution is 5.88. The van der Waals surface area contributed by atoms with Gasteiger partial charge in [-0.2, -0.15) is 0 Å². The van der Waals surface area contributed by atoms with Gasteiger partial charge in [-0.1, -0.05) is 57.2 Å². The van der Waals surface area contributed by atoms with Crippen molar-refractivity contribution >= 4 is 11.8 Å². The summed E-state index contributed by atoms with van der Waals surface area (Å²) in [6, 6.07) is 13.2. The Hall–Kier alpha value is -2.69. The Balaban J connectivity index is 2.27. The zero-order valence-corrected chi connectivity index (χ0v) is 17.7. The van der Waals surface area contributed by atoms with Gasteiger partial charge in [0, 0.05) is 13.1 Å². The largest absolute Gasteiger partial charge is 0.354 e. The lowest BCUT2D eigenvalue weighted by Gasteiger charge is -2.31. The van der Waals surface area contributed by atoms with Gasteiger partial charge in [0.2, 0.25) is 11.8 Å².